The summed E-state index contributed by atoms with van der Waals surface area (Å²) in [5.41, 5.74) is 1.61. The van der Waals surface area contributed by atoms with Crippen LogP contribution in [0.25, 0.3) is 11.0 Å². The number of β-amino-alcohol motifs (C(OH)–C–C–N with tert-alkyl or cyclic N) is 1. The number of halogens is 3. The highest BCUT2D eigenvalue weighted by atomic mass is 19.4. The van der Waals surface area contributed by atoms with E-state index < -0.39 is 23.9 Å². The third-order valence-electron chi connectivity index (χ3n) is 5.22. The number of para-hydroxylation sites is 2. The normalized spacial score (nSPS) is 20.0. The second kappa shape index (κ2) is 8.08. The number of likely N-dealkylation sites (tertiary alicyclic amines) is 1. The van der Waals surface area contributed by atoms with Gasteiger partial charge in [-0.3, -0.25) is 9.69 Å². The molecule has 2 aromatic carbocycles. The zero-order valence-electron chi connectivity index (χ0n) is 16.0. The van der Waals surface area contributed by atoms with Crippen molar-refractivity contribution in [3.05, 3.63) is 65.5 Å². The van der Waals surface area contributed by atoms with Crippen molar-refractivity contribution in [1.82, 2.24) is 20.2 Å². The fraction of sp³-hybridized carbons (Fsp3) is 0.333. The Kier molecular flexibility index (Phi) is 5.48. The molecule has 1 saturated heterocycles. The van der Waals surface area contributed by atoms with Crippen LogP contribution in [-0.2, 0) is 24.1 Å². The molecular weight excluding hydrogens is 397 g/mol. The van der Waals surface area contributed by atoms with Gasteiger partial charge in [0.25, 0.3) is 0 Å². The summed E-state index contributed by atoms with van der Waals surface area (Å²) in [5.74, 6) is 0.372. The Morgan fingerprint density at radius 2 is 1.93 bits per heavy atom. The number of imidazole rings is 1. The van der Waals surface area contributed by atoms with Gasteiger partial charge in [0, 0.05) is 13.1 Å². The molecule has 2 atom stereocenters. The van der Waals surface area contributed by atoms with E-state index in [-0.39, 0.29) is 32.0 Å². The molecule has 6 nitrogen and oxygen atoms in total. The van der Waals surface area contributed by atoms with Crippen molar-refractivity contribution >= 4 is 16.9 Å². The molecule has 0 aliphatic carbocycles. The molecule has 3 N–H and O–H groups in total. The van der Waals surface area contributed by atoms with Gasteiger partial charge in [0.05, 0.1) is 35.3 Å². The molecule has 1 aromatic heterocycles. The minimum absolute atomic E-state index is 0.216. The number of hydrogen-bond acceptors (Lipinski definition) is 4. The quantitative estimate of drug-likeness (QED) is 0.595. The summed E-state index contributed by atoms with van der Waals surface area (Å²) < 4.78 is 38.2. The van der Waals surface area contributed by atoms with E-state index in [0.717, 1.165) is 23.2 Å². The lowest BCUT2D eigenvalue weighted by atomic mass is 10.1. The molecule has 1 amide bonds. The molecule has 158 valence electrons. The van der Waals surface area contributed by atoms with E-state index in [4.69, 9.17) is 0 Å². The number of hydrogen-bond donors (Lipinski definition) is 3. The summed E-state index contributed by atoms with van der Waals surface area (Å²) >= 11 is 0. The van der Waals surface area contributed by atoms with Crippen LogP contribution in [0.5, 0.6) is 0 Å². The maximum Gasteiger partial charge on any atom is 0.416 e. The van der Waals surface area contributed by atoms with E-state index in [2.05, 4.69) is 15.3 Å². The molecule has 4 rings (SSSR count). The number of carbonyl (C=O) groups is 1. The van der Waals surface area contributed by atoms with Gasteiger partial charge in [-0.2, -0.15) is 13.2 Å². The lowest BCUT2D eigenvalue weighted by Gasteiger charge is -2.23. The first-order chi connectivity index (χ1) is 14.3. The van der Waals surface area contributed by atoms with Crippen LogP contribution in [0.15, 0.2) is 48.5 Å². The number of amides is 1. The maximum atomic E-state index is 12.7. The summed E-state index contributed by atoms with van der Waals surface area (Å²) in [4.78, 5) is 22.0. The highest BCUT2D eigenvalue weighted by Crippen LogP contribution is 2.29. The first-order valence-electron chi connectivity index (χ1n) is 9.59. The minimum atomic E-state index is -4.39. The molecule has 1 aliphatic heterocycles. The SMILES string of the molecule is O=C(NCc1nc2ccccc2[nH]1)[C@@H]1CC(O)CN1Cc1ccc(C(F)(F)F)cc1. The molecule has 3 aromatic rings. The van der Waals surface area contributed by atoms with Crippen LogP contribution < -0.4 is 5.32 Å². The molecule has 2 heterocycles. The van der Waals surface area contributed by atoms with Crippen LogP contribution in [0.1, 0.15) is 23.4 Å². The van der Waals surface area contributed by atoms with Crippen molar-refractivity contribution in [3.8, 4) is 0 Å². The van der Waals surface area contributed by atoms with E-state index >= 15 is 0 Å². The second-order valence-corrected chi connectivity index (χ2v) is 7.45. The number of aromatic amines is 1. The third-order valence-corrected chi connectivity index (χ3v) is 5.22. The molecule has 1 fully saturated rings. The number of alkyl halides is 3. The number of aromatic nitrogens is 2. The van der Waals surface area contributed by atoms with Gasteiger partial charge in [-0.05, 0) is 36.2 Å². The summed E-state index contributed by atoms with van der Waals surface area (Å²) in [6.07, 6.45) is -4.78. The number of benzene rings is 2. The predicted octanol–water partition coefficient (Wildman–Crippen LogP) is 2.83. The number of rotatable bonds is 5. The number of aliphatic hydroxyl groups is 1. The van der Waals surface area contributed by atoms with Crippen LogP contribution >= 0.6 is 0 Å². The van der Waals surface area contributed by atoms with Crippen molar-refractivity contribution in [2.45, 2.75) is 37.8 Å². The van der Waals surface area contributed by atoms with Gasteiger partial charge in [-0.15, -0.1) is 0 Å². The smallest absolute Gasteiger partial charge is 0.392 e. The first-order valence-corrected chi connectivity index (χ1v) is 9.59. The highest BCUT2D eigenvalue weighted by Gasteiger charge is 2.36. The van der Waals surface area contributed by atoms with Crippen LogP contribution in [0.4, 0.5) is 13.2 Å². The number of nitrogens with zero attached hydrogens (tertiary/aromatic N) is 2. The monoisotopic (exact) mass is 418 g/mol. The Morgan fingerprint density at radius 1 is 1.20 bits per heavy atom. The fourth-order valence-corrected chi connectivity index (χ4v) is 3.74. The molecular formula is C21H21F3N4O2. The molecule has 1 unspecified atom stereocenters. The second-order valence-electron chi connectivity index (χ2n) is 7.45. The van der Waals surface area contributed by atoms with Gasteiger partial charge in [-0.25, -0.2) is 4.98 Å². The van der Waals surface area contributed by atoms with Gasteiger partial charge >= 0.3 is 6.18 Å². The summed E-state index contributed by atoms with van der Waals surface area (Å²) in [6.45, 7) is 0.774. The molecule has 0 radical (unpaired) electrons. The number of carbonyl (C=O) groups excluding carboxylic acids is 1. The summed E-state index contributed by atoms with van der Waals surface area (Å²) in [5, 5.41) is 12.9. The Balaban J connectivity index is 1.39. The van der Waals surface area contributed by atoms with E-state index in [1.807, 2.05) is 24.3 Å². The van der Waals surface area contributed by atoms with Crippen molar-refractivity contribution in [3.63, 3.8) is 0 Å². The zero-order chi connectivity index (χ0) is 21.3. The Morgan fingerprint density at radius 3 is 2.63 bits per heavy atom. The average Bonchev–Trinajstić information content (AvgIpc) is 3.28. The zero-order valence-corrected chi connectivity index (χ0v) is 16.0. The Bertz CT molecular complexity index is 1000. The number of aliphatic hydroxyl groups excluding tert-OH is 1. The van der Waals surface area contributed by atoms with Gasteiger partial charge in [0.2, 0.25) is 5.91 Å². The predicted molar refractivity (Wildman–Crippen MR) is 104 cm³/mol. The van der Waals surface area contributed by atoms with Crippen molar-refractivity contribution in [1.29, 1.82) is 0 Å². The standard InChI is InChI=1S/C21H21F3N4O2/c22-21(23,24)14-7-5-13(6-8-14)11-28-12-15(29)9-18(28)20(30)25-10-19-26-16-3-1-2-4-17(16)27-19/h1-8,15,18,29H,9-12H2,(H,25,30)(H,26,27)/t15?,18-/m0/s1. The maximum absolute atomic E-state index is 12.7. The number of nitrogens with one attached hydrogen (secondary N) is 2. The summed E-state index contributed by atoms with van der Waals surface area (Å²) in [6, 6.07) is 11.8. The van der Waals surface area contributed by atoms with E-state index in [0.29, 0.717) is 11.4 Å². The number of fused-ring (bicyclic) bond motifs is 1. The molecule has 0 bridgehead atoms. The third kappa shape index (κ3) is 4.47. The van der Waals surface area contributed by atoms with Gasteiger partial charge in [0.1, 0.15) is 5.82 Å². The molecule has 9 heteroatoms. The minimum Gasteiger partial charge on any atom is -0.392 e. The van der Waals surface area contributed by atoms with Crippen molar-refractivity contribution in [2.75, 3.05) is 6.54 Å². The van der Waals surface area contributed by atoms with Crippen LogP contribution in [0.3, 0.4) is 0 Å². The van der Waals surface area contributed by atoms with Gasteiger partial charge in [0.15, 0.2) is 0 Å². The largest absolute Gasteiger partial charge is 0.416 e. The van der Waals surface area contributed by atoms with E-state index in [1.165, 1.54) is 12.1 Å². The average molecular weight is 418 g/mol. The van der Waals surface area contributed by atoms with Crippen LogP contribution in [0, 0.1) is 0 Å². The molecule has 30 heavy (non-hydrogen) atoms. The topological polar surface area (TPSA) is 81.2 Å². The summed E-state index contributed by atoms with van der Waals surface area (Å²) in [7, 11) is 0. The van der Waals surface area contributed by atoms with Gasteiger partial charge in [-0.1, -0.05) is 24.3 Å². The molecule has 0 spiro atoms. The van der Waals surface area contributed by atoms with E-state index in [1.54, 1.807) is 4.90 Å². The lowest BCUT2D eigenvalue weighted by Crippen LogP contribution is -2.42. The molecule has 1 aliphatic rings. The Hall–Kier alpha value is -2.91. The van der Waals surface area contributed by atoms with Crippen molar-refractivity contribution < 1.29 is 23.1 Å². The Labute approximate surface area is 170 Å². The fourth-order valence-electron chi connectivity index (χ4n) is 3.74. The van der Waals surface area contributed by atoms with Crippen LogP contribution in [-0.4, -0.2) is 44.6 Å². The highest BCUT2D eigenvalue weighted by molar-refractivity contribution is 5.82. The number of H-pyrrole nitrogens is 1. The van der Waals surface area contributed by atoms with E-state index in [9.17, 15) is 23.1 Å². The van der Waals surface area contributed by atoms with Crippen LogP contribution in [0.2, 0.25) is 0 Å². The van der Waals surface area contributed by atoms with Crippen molar-refractivity contribution in [2.24, 2.45) is 0 Å². The lowest BCUT2D eigenvalue weighted by molar-refractivity contribution is -0.137. The first kappa shape index (κ1) is 20.4. The molecule has 0 saturated carbocycles. The van der Waals surface area contributed by atoms with Gasteiger partial charge < -0.3 is 15.4 Å².